The number of nitrogens with zero attached hydrogens (tertiary/aromatic N) is 3. The molecule has 0 aliphatic heterocycles. The number of hydrogen-bond acceptors (Lipinski definition) is 4. The van der Waals surface area contributed by atoms with E-state index < -0.39 is 0 Å². The van der Waals surface area contributed by atoms with Crippen LogP contribution in [0.5, 0.6) is 5.75 Å². The van der Waals surface area contributed by atoms with Gasteiger partial charge in [0.2, 0.25) is 11.9 Å². The highest BCUT2D eigenvalue weighted by molar-refractivity contribution is 5.99. The summed E-state index contributed by atoms with van der Waals surface area (Å²) in [5.74, 6) is -0.0441. The highest BCUT2D eigenvalue weighted by Gasteiger charge is 2.34. The van der Waals surface area contributed by atoms with E-state index in [4.69, 9.17) is 4.74 Å². The molecule has 7 nitrogen and oxygen atoms in total. The van der Waals surface area contributed by atoms with Crippen molar-refractivity contribution in [3.8, 4) is 22.7 Å². The van der Waals surface area contributed by atoms with Gasteiger partial charge in [-0.05, 0) is 61.7 Å². The first-order chi connectivity index (χ1) is 17.9. The number of carbonyl (C=O) groups is 2. The van der Waals surface area contributed by atoms with Crippen molar-refractivity contribution in [1.29, 1.82) is 0 Å². The molecule has 0 bridgehead atoms. The molecule has 4 aromatic rings. The van der Waals surface area contributed by atoms with Gasteiger partial charge in [-0.25, -0.2) is 9.37 Å². The second-order valence-corrected chi connectivity index (χ2v) is 9.06. The molecule has 1 aliphatic carbocycles. The Labute approximate surface area is 214 Å². The number of nitrogens with one attached hydrogen (secondary N) is 1. The molecular formula is C29H27FN4O3. The van der Waals surface area contributed by atoms with Crippen molar-refractivity contribution in [3.05, 3.63) is 95.9 Å². The first kappa shape index (κ1) is 24.2. The van der Waals surface area contributed by atoms with Crippen LogP contribution in [0.25, 0.3) is 16.9 Å². The summed E-state index contributed by atoms with van der Waals surface area (Å²) >= 11 is 0. The minimum atomic E-state index is -0.382. The number of anilines is 1. The summed E-state index contributed by atoms with van der Waals surface area (Å²) in [6, 6.07) is 21.2. The molecule has 0 spiro atoms. The van der Waals surface area contributed by atoms with Gasteiger partial charge in [0.25, 0.3) is 5.91 Å². The monoisotopic (exact) mass is 498 g/mol. The zero-order chi connectivity index (χ0) is 25.9. The Kier molecular flexibility index (Phi) is 6.72. The molecule has 188 valence electrons. The van der Waals surface area contributed by atoms with Gasteiger partial charge in [0.05, 0.1) is 18.5 Å². The Balaban J connectivity index is 1.41. The fraction of sp³-hybridized carbons (Fsp3) is 0.207. The average Bonchev–Trinajstić information content (AvgIpc) is 3.68. The molecule has 1 saturated carbocycles. The van der Waals surface area contributed by atoms with Gasteiger partial charge in [0.15, 0.2) is 0 Å². The summed E-state index contributed by atoms with van der Waals surface area (Å²) in [7, 11) is 1.57. The lowest BCUT2D eigenvalue weighted by atomic mass is 10.2. The highest BCUT2D eigenvalue weighted by Crippen LogP contribution is 2.29. The van der Waals surface area contributed by atoms with E-state index in [-0.39, 0.29) is 36.2 Å². The number of aromatic nitrogens is 2. The molecular weight excluding hydrogens is 471 g/mol. The minimum Gasteiger partial charge on any atom is -0.497 e. The molecule has 0 radical (unpaired) electrons. The Morgan fingerprint density at radius 3 is 2.46 bits per heavy atom. The Hall–Kier alpha value is -4.46. The Morgan fingerprint density at radius 1 is 1.08 bits per heavy atom. The van der Waals surface area contributed by atoms with Gasteiger partial charge in [0.1, 0.15) is 18.1 Å². The molecule has 8 heteroatoms. The number of methoxy groups -OCH3 is 1. The number of rotatable bonds is 8. The third-order valence-electron chi connectivity index (χ3n) is 6.36. The fourth-order valence-corrected chi connectivity index (χ4v) is 4.12. The van der Waals surface area contributed by atoms with Crippen molar-refractivity contribution in [2.75, 3.05) is 19.0 Å². The number of imidazole rings is 1. The Bertz CT molecular complexity index is 1430. The standard InChI is InChI=1S/C29H27FN4O3/c1-19-8-11-23(16-25(19)30)34-17-26(20-6-4-3-5-7-20)31-29(34)32-27(35)18-33(22-12-13-22)28(36)21-9-14-24(37-2)15-10-21/h3-11,14-17,22H,12-13,18H2,1-2H3,(H,31,32,35). The zero-order valence-corrected chi connectivity index (χ0v) is 20.6. The molecule has 0 saturated heterocycles. The van der Waals surface area contributed by atoms with E-state index in [2.05, 4.69) is 10.3 Å². The second-order valence-electron chi connectivity index (χ2n) is 9.06. The molecule has 1 fully saturated rings. The van der Waals surface area contributed by atoms with Gasteiger partial charge in [-0.1, -0.05) is 36.4 Å². The van der Waals surface area contributed by atoms with E-state index in [0.29, 0.717) is 28.3 Å². The molecule has 37 heavy (non-hydrogen) atoms. The lowest BCUT2D eigenvalue weighted by molar-refractivity contribution is -0.117. The summed E-state index contributed by atoms with van der Waals surface area (Å²) in [6.07, 6.45) is 3.46. The number of benzene rings is 3. The molecule has 1 aliphatic rings. The van der Waals surface area contributed by atoms with Gasteiger partial charge < -0.3 is 9.64 Å². The molecule has 0 atom stereocenters. The number of amides is 2. The van der Waals surface area contributed by atoms with Crippen LogP contribution in [0.15, 0.2) is 79.0 Å². The maximum absolute atomic E-state index is 14.4. The Morgan fingerprint density at radius 2 is 1.81 bits per heavy atom. The van der Waals surface area contributed by atoms with Crippen molar-refractivity contribution < 1.29 is 18.7 Å². The van der Waals surface area contributed by atoms with Crippen LogP contribution >= 0.6 is 0 Å². The highest BCUT2D eigenvalue weighted by atomic mass is 19.1. The second kappa shape index (κ2) is 10.3. The van der Waals surface area contributed by atoms with Crippen LogP contribution in [0, 0.1) is 12.7 Å². The summed E-state index contributed by atoms with van der Waals surface area (Å²) in [5, 5.41) is 2.85. The van der Waals surface area contributed by atoms with Crippen molar-refractivity contribution in [2.24, 2.45) is 0 Å². The maximum Gasteiger partial charge on any atom is 0.254 e. The average molecular weight is 499 g/mol. The van der Waals surface area contributed by atoms with Gasteiger partial charge in [-0.15, -0.1) is 0 Å². The van der Waals surface area contributed by atoms with E-state index in [1.54, 1.807) is 66.1 Å². The molecule has 1 heterocycles. The maximum atomic E-state index is 14.4. The molecule has 0 unspecified atom stereocenters. The number of aryl methyl sites for hydroxylation is 1. The third-order valence-corrected chi connectivity index (χ3v) is 6.36. The first-order valence-electron chi connectivity index (χ1n) is 12.1. The molecule has 2 amide bonds. The fourth-order valence-electron chi connectivity index (χ4n) is 4.12. The van der Waals surface area contributed by atoms with Crippen LogP contribution in [0.2, 0.25) is 0 Å². The van der Waals surface area contributed by atoms with E-state index in [1.807, 2.05) is 30.3 Å². The zero-order valence-electron chi connectivity index (χ0n) is 20.6. The van der Waals surface area contributed by atoms with Crippen molar-refractivity contribution in [2.45, 2.75) is 25.8 Å². The smallest absolute Gasteiger partial charge is 0.254 e. The van der Waals surface area contributed by atoms with Crippen LogP contribution in [0.4, 0.5) is 10.3 Å². The quantitative estimate of drug-likeness (QED) is 0.361. The number of hydrogen-bond donors (Lipinski definition) is 1. The lowest BCUT2D eigenvalue weighted by Gasteiger charge is -2.22. The van der Waals surface area contributed by atoms with Crippen molar-refractivity contribution in [3.63, 3.8) is 0 Å². The normalized spacial score (nSPS) is 12.7. The van der Waals surface area contributed by atoms with Gasteiger partial charge in [0, 0.05) is 23.4 Å². The van der Waals surface area contributed by atoms with Crippen LogP contribution in [-0.2, 0) is 4.79 Å². The molecule has 1 aromatic heterocycles. The first-order valence-corrected chi connectivity index (χ1v) is 12.1. The summed E-state index contributed by atoms with van der Waals surface area (Å²) in [4.78, 5) is 32.6. The largest absolute Gasteiger partial charge is 0.497 e. The number of halogens is 1. The van der Waals surface area contributed by atoms with Crippen LogP contribution in [0.1, 0.15) is 28.8 Å². The third kappa shape index (κ3) is 5.38. The lowest BCUT2D eigenvalue weighted by Crippen LogP contribution is -2.39. The molecule has 1 N–H and O–H groups in total. The summed E-state index contributed by atoms with van der Waals surface area (Å²) in [5.41, 5.74) is 3.03. The van der Waals surface area contributed by atoms with E-state index in [0.717, 1.165) is 18.4 Å². The number of ether oxygens (including phenoxy) is 1. The summed E-state index contributed by atoms with van der Waals surface area (Å²) < 4.78 is 21.2. The number of carbonyl (C=O) groups excluding carboxylic acids is 2. The van der Waals surface area contributed by atoms with Crippen molar-refractivity contribution >= 4 is 17.8 Å². The predicted molar refractivity (Wildman–Crippen MR) is 139 cm³/mol. The SMILES string of the molecule is COc1ccc(C(=O)N(CC(=O)Nc2nc(-c3ccccc3)cn2-c2ccc(C)c(F)c2)C2CC2)cc1. The van der Waals surface area contributed by atoms with Gasteiger partial charge >= 0.3 is 0 Å². The van der Waals surface area contributed by atoms with E-state index in [9.17, 15) is 14.0 Å². The minimum absolute atomic E-state index is 0.0196. The van der Waals surface area contributed by atoms with Crippen LogP contribution in [0.3, 0.4) is 0 Å². The van der Waals surface area contributed by atoms with Crippen molar-refractivity contribution in [1.82, 2.24) is 14.5 Å². The van der Waals surface area contributed by atoms with Crippen LogP contribution in [-0.4, -0.2) is 46.0 Å². The van der Waals surface area contributed by atoms with E-state index in [1.165, 1.54) is 6.07 Å². The van der Waals surface area contributed by atoms with Gasteiger partial charge in [-0.3, -0.25) is 19.5 Å². The van der Waals surface area contributed by atoms with E-state index >= 15 is 0 Å². The summed E-state index contributed by atoms with van der Waals surface area (Å²) in [6.45, 7) is 1.57. The van der Waals surface area contributed by atoms with Crippen LogP contribution < -0.4 is 10.1 Å². The molecule has 3 aromatic carbocycles. The topological polar surface area (TPSA) is 76.5 Å². The molecule has 5 rings (SSSR count). The van der Waals surface area contributed by atoms with Gasteiger partial charge in [-0.2, -0.15) is 0 Å². The predicted octanol–water partition coefficient (Wildman–Crippen LogP) is 5.24.